The second kappa shape index (κ2) is 12.9. The largest absolute Gasteiger partial charge is 0.382 e. The lowest BCUT2D eigenvalue weighted by molar-refractivity contribution is -0.146. The highest BCUT2D eigenvalue weighted by Gasteiger charge is 2.40. The van der Waals surface area contributed by atoms with Gasteiger partial charge in [0.25, 0.3) is 0 Å². The molecule has 0 unspecified atom stereocenters. The number of rotatable bonds is 9. The Hall–Kier alpha value is -2.71. The van der Waals surface area contributed by atoms with E-state index in [1.54, 1.807) is 65.6 Å². The average molecular weight is 575 g/mol. The third-order valence-electron chi connectivity index (χ3n) is 6.01. The first-order valence-corrected chi connectivity index (χ1v) is 13.4. The molecule has 0 spiro atoms. The highest BCUT2D eigenvalue weighted by molar-refractivity contribution is 8.00. The zero-order chi connectivity index (χ0) is 27.1. The summed E-state index contributed by atoms with van der Waals surface area (Å²) < 4.78 is 27.2. The molecule has 4 rings (SSSR count). The maximum absolute atomic E-state index is 14.0. The Labute approximate surface area is 234 Å². The van der Waals surface area contributed by atoms with Gasteiger partial charge in [-0.2, -0.15) is 10.4 Å². The molecule has 1 aliphatic heterocycles. The Morgan fingerprint density at radius 3 is 2.71 bits per heavy atom. The van der Waals surface area contributed by atoms with E-state index < -0.39 is 17.7 Å². The first-order chi connectivity index (χ1) is 18.3. The van der Waals surface area contributed by atoms with E-state index in [1.165, 1.54) is 24.2 Å². The second-order valence-corrected chi connectivity index (χ2v) is 11.2. The number of ether oxygens (including phenoxy) is 2. The van der Waals surface area contributed by atoms with Crippen LogP contribution in [-0.2, 0) is 21.6 Å². The molecule has 38 heavy (non-hydrogen) atoms. The van der Waals surface area contributed by atoms with Gasteiger partial charge >= 0.3 is 0 Å². The van der Waals surface area contributed by atoms with Crippen molar-refractivity contribution >= 4 is 41.0 Å². The lowest BCUT2D eigenvalue weighted by atomic mass is 9.90. The van der Waals surface area contributed by atoms with Crippen molar-refractivity contribution in [3.05, 3.63) is 99.8 Å². The summed E-state index contributed by atoms with van der Waals surface area (Å²) in [7, 11) is 0. The molecule has 198 valence electrons. The molecule has 0 saturated carbocycles. The molecule has 0 bridgehead atoms. The molecule has 3 aromatic rings. The number of halogens is 3. The van der Waals surface area contributed by atoms with Gasteiger partial charge in [0, 0.05) is 26.4 Å². The Bertz CT molecular complexity index is 1340. The predicted octanol–water partition coefficient (Wildman–Crippen LogP) is 5.62. The quantitative estimate of drug-likeness (QED) is 0.331. The van der Waals surface area contributed by atoms with Crippen LogP contribution in [0.2, 0.25) is 10.0 Å². The van der Waals surface area contributed by atoms with Crippen molar-refractivity contribution in [2.45, 2.75) is 35.9 Å². The highest BCUT2D eigenvalue weighted by Crippen LogP contribution is 2.40. The van der Waals surface area contributed by atoms with E-state index in [0.717, 1.165) is 0 Å². The molecule has 0 aliphatic carbocycles. The van der Waals surface area contributed by atoms with Crippen LogP contribution in [0.4, 0.5) is 4.39 Å². The van der Waals surface area contributed by atoms with Crippen LogP contribution in [0.25, 0.3) is 6.08 Å². The van der Waals surface area contributed by atoms with Crippen LogP contribution in [-0.4, -0.2) is 49.9 Å². The molecule has 2 aromatic carbocycles. The highest BCUT2D eigenvalue weighted by atomic mass is 35.5. The Morgan fingerprint density at radius 1 is 1.26 bits per heavy atom. The van der Waals surface area contributed by atoms with Gasteiger partial charge in [-0.15, -0.1) is 11.8 Å². The monoisotopic (exact) mass is 574 g/mol. The number of allylic oxidation sites excluding steroid dienone is 2. The number of aliphatic hydroxyl groups is 1. The van der Waals surface area contributed by atoms with Crippen molar-refractivity contribution in [3.8, 4) is 6.07 Å². The molecule has 1 aliphatic rings. The van der Waals surface area contributed by atoms with Crippen LogP contribution in [0.5, 0.6) is 0 Å². The summed E-state index contributed by atoms with van der Waals surface area (Å²) in [5.41, 5.74) is -0.178. The van der Waals surface area contributed by atoms with E-state index >= 15 is 0 Å². The number of aromatic nitrogens is 3. The summed E-state index contributed by atoms with van der Waals surface area (Å²) in [5.74, 6) is -0.462. The van der Waals surface area contributed by atoms with Crippen LogP contribution >= 0.6 is 35.0 Å². The summed E-state index contributed by atoms with van der Waals surface area (Å²) >= 11 is 14.1. The Morgan fingerprint density at radius 2 is 2.05 bits per heavy atom. The number of hydrogen-bond donors (Lipinski definition) is 1. The summed E-state index contributed by atoms with van der Waals surface area (Å²) in [6.45, 7) is 2.89. The van der Waals surface area contributed by atoms with E-state index in [9.17, 15) is 9.50 Å². The van der Waals surface area contributed by atoms with Crippen molar-refractivity contribution < 1.29 is 19.0 Å². The van der Waals surface area contributed by atoms with Crippen LogP contribution in [0.3, 0.4) is 0 Å². The molecule has 1 fully saturated rings. The van der Waals surface area contributed by atoms with Gasteiger partial charge in [-0.25, -0.2) is 14.1 Å². The third-order valence-corrected chi connectivity index (χ3v) is 8.02. The van der Waals surface area contributed by atoms with Gasteiger partial charge in [0.1, 0.15) is 24.1 Å². The zero-order valence-corrected chi connectivity index (χ0v) is 22.7. The maximum Gasteiger partial charge on any atom is 0.177 e. The van der Waals surface area contributed by atoms with Crippen molar-refractivity contribution in [2.24, 2.45) is 0 Å². The van der Waals surface area contributed by atoms with E-state index in [-0.39, 0.29) is 22.6 Å². The van der Waals surface area contributed by atoms with Gasteiger partial charge in [-0.1, -0.05) is 60.5 Å². The fourth-order valence-electron chi connectivity index (χ4n) is 3.97. The van der Waals surface area contributed by atoms with Crippen LogP contribution in [0.15, 0.2) is 67.3 Å². The molecule has 2 heterocycles. The zero-order valence-electron chi connectivity index (χ0n) is 20.4. The number of nitrogens with zero attached hydrogens (tertiary/aromatic N) is 4. The van der Waals surface area contributed by atoms with E-state index in [2.05, 4.69) is 10.1 Å². The lowest BCUT2D eigenvalue weighted by Crippen LogP contribution is -2.43. The maximum atomic E-state index is 14.0. The van der Waals surface area contributed by atoms with Gasteiger partial charge < -0.3 is 14.6 Å². The molecule has 7 nitrogen and oxygen atoms in total. The molecule has 2 atom stereocenters. The number of nitriles is 1. The first-order valence-electron chi connectivity index (χ1n) is 11.7. The van der Waals surface area contributed by atoms with Gasteiger partial charge in [-0.3, -0.25) is 0 Å². The number of thioether (sulfide) groups is 1. The van der Waals surface area contributed by atoms with E-state index in [1.807, 2.05) is 13.0 Å². The number of benzene rings is 2. The van der Waals surface area contributed by atoms with Crippen LogP contribution in [0.1, 0.15) is 23.6 Å². The normalized spacial score (nSPS) is 20.4. The van der Waals surface area contributed by atoms with Gasteiger partial charge in [-0.05, 0) is 30.3 Å². The van der Waals surface area contributed by atoms with Gasteiger partial charge in [0.15, 0.2) is 6.29 Å². The minimum atomic E-state index is -1.37. The summed E-state index contributed by atoms with van der Waals surface area (Å²) in [6, 6.07) is 11.2. The first kappa shape index (κ1) is 28.3. The fourth-order valence-corrected chi connectivity index (χ4v) is 5.86. The standard InChI is InChI=1S/C27H25Cl2FN4O3S/c1-18(27(35,15-34-17-32-16-33-34)23-9-8-21(28)11-24(23)29)38-22-13-36-26(37-14-22)5-3-2-4-20-7-6-19(12-31)10-25(20)30/h2-11,16-18,22,26,35H,13-15H2,1H3/b4-2+,5-3+/t18-,22-,26-,27-/m1/s1. The average Bonchev–Trinajstić information content (AvgIpc) is 3.40. The van der Waals surface area contributed by atoms with Gasteiger partial charge in [0.2, 0.25) is 0 Å². The fraction of sp³-hybridized carbons (Fsp3) is 0.296. The minimum Gasteiger partial charge on any atom is -0.382 e. The molecular weight excluding hydrogens is 550 g/mol. The van der Waals surface area contributed by atoms with E-state index in [0.29, 0.717) is 34.4 Å². The van der Waals surface area contributed by atoms with Crippen LogP contribution in [0, 0.1) is 17.1 Å². The number of hydrogen-bond acceptors (Lipinski definition) is 7. The molecule has 1 aromatic heterocycles. The van der Waals surface area contributed by atoms with E-state index in [4.69, 9.17) is 37.9 Å². The molecule has 1 saturated heterocycles. The van der Waals surface area contributed by atoms with Crippen molar-refractivity contribution in [2.75, 3.05) is 13.2 Å². The molecule has 0 amide bonds. The van der Waals surface area contributed by atoms with Crippen molar-refractivity contribution in [1.29, 1.82) is 5.26 Å². The Balaban J connectivity index is 1.36. The summed E-state index contributed by atoms with van der Waals surface area (Å²) in [4.78, 5) is 3.98. The van der Waals surface area contributed by atoms with Crippen LogP contribution < -0.4 is 0 Å². The van der Waals surface area contributed by atoms with Crippen molar-refractivity contribution in [3.63, 3.8) is 0 Å². The molecule has 11 heteroatoms. The molecule has 1 N–H and O–H groups in total. The SMILES string of the molecule is C[C@@H](S[C@H]1CO[C@H](/C=C/C=C/c2ccc(C#N)cc2F)OC1)[C@](O)(Cn1cncn1)c1ccc(Cl)cc1Cl. The molecular formula is C27H25Cl2FN4O3S. The summed E-state index contributed by atoms with van der Waals surface area (Å²) in [6.07, 6.45) is 9.15. The van der Waals surface area contributed by atoms with Crippen molar-refractivity contribution in [1.82, 2.24) is 14.8 Å². The second-order valence-electron chi connectivity index (χ2n) is 8.67. The third kappa shape index (κ3) is 7.03. The topological polar surface area (TPSA) is 93.2 Å². The minimum absolute atomic E-state index is 0.0358. The smallest absolute Gasteiger partial charge is 0.177 e. The summed E-state index contributed by atoms with van der Waals surface area (Å²) in [5, 5.41) is 25.4. The molecule has 0 radical (unpaired) electrons. The lowest BCUT2D eigenvalue weighted by Gasteiger charge is -2.37. The Kier molecular flexibility index (Phi) is 9.60. The predicted molar refractivity (Wildman–Crippen MR) is 146 cm³/mol. The van der Waals surface area contributed by atoms with Gasteiger partial charge in [0.05, 0.1) is 36.6 Å².